The Balaban J connectivity index is 0.00000576. The summed E-state index contributed by atoms with van der Waals surface area (Å²) in [4.78, 5) is 6.67. The Labute approximate surface area is 172 Å². The van der Waals surface area contributed by atoms with Gasteiger partial charge in [0.25, 0.3) is 0 Å². The van der Waals surface area contributed by atoms with Crippen molar-refractivity contribution in [2.75, 3.05) is 33.0 Å². The van der Waals surface area contributed by atoms with Crippen LogP contribution < -0.4 is 10.1 Å². The molecule has 0 aliphatic rings. The SMILES string of the molecule is CCNC(=NCCS(=O)C(C)(C)C)N(C)Cc1ccccc1OC.I. The molecule has 0 aromatic heterocycles. The minimum absolute atomic E-state index is 0. The van der Waals surface area contributed by atoms with E-state index in [4.69, 9.17) is 4.74 Å². The first kappa shape index (κ1) is 24.2. The van der Waals surface area contributed by atoms with Gasteiger partial charge in [0, 0.05) is 47.0 Å². The fourth-order valence-electron chi connectivity index (χ4n) is 2.17. The lowest BCUT2D eigenvalue weighted by Gasteiger charge is -2.23. The summed E-state index contributed by atoms with van der Waals surface area (Å²) in [7, 11) is 2.79. The van der Waals surface area contributed by atoms with Crippen LogP contribution in [0, 0.1) is 0 Å². The number of para-hydroxylation sites is 1. The van der Waals surface area contributed by atoms with Crippen molar-refractivity contribution in [1.82, 2.24) is 10.2 Å². The van der Waals surface area contributed by atoms with Gasteiger partial charge in [-0.1, -0.05) is 18.2 Å². The van der Waals surface area contributed by atoms with E-state index in [1.807, 2.05) is 59.0 Å². The molecule has 1 atom stereocenters. The van der Waals surface area contributed by atoms with Crippen LogP contribution in [0.4, 0.5) is 0 Å². The Morgan fingerprint density at radius 1 is 1.32 bits per heavy atom. The van der Waals surface area contributed by atoms with Gasteiger partial charge in [0.1, 0.15) is 5.75 Å². The summed E-state index contributed by atoms with van der Waals surface area (Å²) in [6, 6.07) is 7.97. The molecule has 7 heteroatoms. The molecular weight excluding hydrogens is 449 g/mol. The molecule has 0 heterocycles. The van der Waals surface area contributed by atoms with E-state index in [9.17, 15) is 4.21 Å². The highest BCUT2D eigenvalue weighted by atomic mass is 127. The van der Waals surface area contributed by atoms with Gasteiger partial charge in [0.05, 0.1) is 13.7 Å². The van der Waals surface area contributed by atoms with Crippen LogP contribution in [0.2, 0.25) is 0 Å². The van der Waals surface area contributed by atoms with Crippen LogP contribution in [0.3, 0.4) is 0 Å². The molecule has 0 saturated heterocycles. The molecule has 0 spiro atoms. The van der Waals surface area contributed by atoms with Crippen molar-refractivity contribution < 1.29 is 8.95 Å². The van der Waals surface area contributed by atoms with Gasteiger partial charge >= 0.3 is 0 Å². The summed E-state index contributed by atoms with van der Waals surface area (Å²) >= 11 is 0. The molecule has 0 amide bonds. The molecule has 144 valence electrons. The normalized spacial score (nSPS) is 13.0. The average Bonchev–Trinajstić information content (AvgIpc) is 2.53. The van der Waals surface area contributed by atoms with Crippen LogP contribution in [0.5, 0.6) is 5.75 Å². The number of rotatable bonds is 7. The zero-order valence-electron chi connectivity index (χ0n) is 16.2. The van der Waals surface area contributed by atoms with Crippen molar-refractivity contribution in [2.45, 2.75) is 39.0 Å². The van der Waals surface area contributed by atoms with Gasteiger partial charge in [0.15, 0.2) is 5.96 Å². The molecule has 1 aromatic rings. The summed E-state index contributed by atoms with van der Waals surface area (Å²) in [6.07, 6.45) is 0. The van der Waals surface area contributed by atoms with Crippen LogP contribution >= 0.6 is 24.0 Å². The molecule has 0 aliphatic carbocycles. The van der Waals surface area contributed by atoms with Gasteiger partial charge < -0.3 is 15.0 Å². The zero-order chi connectivity index (χ0) is 18.2. The quantitative estimate of drug-likeness (QED) is 0.369. The lowest BCUT2D eigenvalue weighted by Crippen LogP contribution is -2.39. The summed E-state index contributed by atoms with van der Waals surface area (Å²) < 4.78 is 17.4. The van der Waals surface area contributed by atoms with Gasteiger partial charge in [-0.2, -0.15) is 0 Å². The smallest absolute Gasteiger partial charge is 0.193 e. The van der Waals surface area contributed by atoms with E-state index in [-0.39, 0.29) is 28.7 Å². The lowest BCUT2D eigenvalue weighted by molar-refractivity contribution is 0.396. The van der Waals surface area contributed by atoms with E-state index < -0.39 is 10.8 Å². The lowest BCUT2D eigenvalue weighted by atomic mass is 10.2. The van der Waals surface area contributed by atoms with Gasteiger partial charge in [-0.05, 0) is 33.8 Å². The van der Waals surface area contributed by atoms with Gasteiger partial charge in [-0.15, -0.1) is 24.0 Å². The first-order valence-corrected chi connectivity index (χ1v) is 9.61. The van der Waals surface area contributed by atoms with Crippen molar-refractivity contribution in [2.24, 2.45) is 4.99 Å². The number of guanidine groups is 1. The molecule has 0 radical (unpaired) electrons. The number of aliphatic imine (C=N–C) groups is 1. The Hall–Kier alpha value is -0.830. The predicted octanol–water partition coefficient (Wildman–Crippen LogP) is 3.26. The number of benzene rings is 1. The third-order valence-electron chi connectivity index (χ3n) is 3.52. The van der Waals surface area contributed by atoms with Crippen LogP contribution in [0.25, 0.3) is 0 Å². The molecule has 1 aromatic carbocycles. The summed E-state index contributed by atoms with van der Waals surface area (Å²) in [6.45, 7) is 10.0. The van der Waals surface area contributed by atoms with Gasteiger partial charge in [0.2, 0.25) is 0 Å². The summed E-state index contributed by atoms with van der Waals surface area (Å²) in [5.41, 5.74) is 1.10. The number of nitrogens with zero attached hydrogens (tertiary/aromatic N) is 2. The minimum Gasteiger partial charge on any atom is -0.496 e. The molecule has 1 unspecified atom stereocenters. The maximum absolute atomic E-state index is 12.1. The first-order chi connectivity index (χ1) is 11.3. The monoisotopic (exact) mass is 481 g/mol. The zero-order valence-corrected chi connectivity index (χ0v) is 19.3. The molecule has 0 bridgehead atoms. The van der Waals surface area contributed by atoms with Gasteiger partial charge in [-0.3, -0.25) is 9.20 Å². The summed E-state index contributed by atoms with van der Waals surface area (Å²) in [5, 5.41) is 3.29. The Kier molecular flexibility index (Phi) is 11.3. The molecule has 0 aliphatic heterocycles. The van der Waals surface area contributed by atoms with Crippen molar-refractivity contribution in [3.8, 4) is 5.75 Å². The number of hydrogen-bond acceptors (Lipinski definition) is 3. The highest BCUT2D eigenvalue weighted by Crippen LogP contribution is 2.18. The Bertz CT molecular complexity index is 574. The number of ether oxygens (including phenoxy) is 1. The standard InChI is InChI=1S/C18H31N3O2S.HI/c1-7-19-17(20-12-13-24(22)18(2,3)4)21(5)14-15-10-8-9-11-16(15)23-6;/h8-11H,7,12-14H2,1-6H3,(H,19,20);1H. The molecular formula is C18H32IN3O2S. The second kappa shape index (κ2) is 11.7. The van der Waals surface area contributed by atoms with E-state index in [1.54, 1.807) is 7.11 Å². The van der Waals surface area contributed by atoms with Crippen molar-refractivity contribution in [1.29, 1.82) is 0 Å². The van der Waals surface area contributed by atoms with Crippen molar-refractivity contribution in [3.63, 3.8) is 0 Å². The predicted molar refractivity (Wildman–Crippen MR) is 119 cm³/mol. The van der Waals surface area contributed by atoms with E-state index in [0.29, 0.717) is 18.8 Å². The molecule has 0 fully saturated rings. The number of hydrogen-bond donors (Lipinski definition) is 1. The van der Waals surface area contributed by atoms with E-state index in [2.05, 4.69) is 15.2 Å². The largest absolute Gasteiger partial charge is 0.496 e. The number of halogens is 1. The fraction of sp³-hybridized carbons (Fsp3) is 0.611. The van der Waals surface area contributed by atoms with Gasteiger partial charge in [-0.25, -0.2) is 0 Å². The minimum atomic E-state index is -0.887. The topological polar surface area (TPSA) is 53.9 Å². The molecule has 1 rings (SSSR count). The Morgan fingerprint density at radius 2 is 1.96 bits per heavy atom. The third kappa shape index (κ3) is 8.40. The number of nitrogens with one attached hydrogen (secondary N) is 1. The maximum Gasteiger partial charge on any atom is 0.193 e. The molecule has 25 heavy (non-hydrogen) atoms. The second-order valence-electron chi connectivity index (χ2n) is 6.57. The van der Waals surface area contributed by atoms with Crippen LogP contribution in [-0.4, -0.2) is 52.8 Å². The number of methoxy groups -OCH3 is 1. The highest BCUT2D eigenvalue weighted by Gasteiger charge is 2.18. The fourth-order valence-corrected chi connectivity index (χ4v) is 3.04. The van der Waals surface area contributed by atoms with Crippen molar-refractivity contribution >= 4 is 40.7 Å². The van der Waals surface area contributed by atoms with Crippen molar-refractivity contribution in [3.05, 3.63) is 29.8 Å². The van der Waals surface area contributed by atoms with Crippen LogP contribution in [0.1, 0.15) is 33.3 Å². The third-order valence-corrected chi connectivity index (χ3v) is 5.44. The van der Waals surface area contributed by atoms with E-state index in [1.165, 1.54) is 0 Å². The highest BCUT2D eigenvalue weighted by molar-refractivity contribution is 14.0. The molecule has 1 N–H and O–H groups in total. The first-order valence-electron chi connectivity index (χ1n) is 8.29. The Morgan fingerprint density at radius 3 is 2.52 bits per heavy atom. The summed E-state index contributed by atoms with van der Waals surface area (Å²) in [5.74, 6) is 2.25. The van der Waals surface area contributed by atoms with Crippen LogP contribution in [0.15, 0.2) is 29.3 Å². The van der Waals surface area contributed by atoms with Crippen LogP contribution in [-0.2, 0) is 17.3 Å². The average molecular weight is 481 g/mol. The van der Waals surface area contributed by atoms with E-state index in [0.717, 1.165) is 23.8 Å². The molecule has 0 saturated carbocycles. The second-order valence-corrected chi connectivity index (χ2v) is 8.89. The van der Waals surface area contributed by atoms with E-state index >= 15 is 0 Å². The maximum atomic E-state index is 12.1. The molecule has 5 nitrogen and oxygen atoms in total.